The van der Waals surface area contributed by atoms with Crippen molar-refractivity contribution in [1.82, 2.24) is 15.6 Å². The van der Waals surface area contributed by atoms with E-state index in [2.05, 4.69) is 20.7 Å². The predicted molar refractivity (Wildman–Crippen MR) is 81.7 cm³/mol. The van der Waals surface area contributed by atoms with Crippen LogP contribution in [0.2, 0.25) is 5.02 Å². The summed E-state index contributed by atoms with van der Waals surface area (Å²) < 4.78 is 0. The molecule has 0 aliphatic heterocycles. The monoisotopic (exact) mass is 302 g/mol. The normalized spacial score (nSPS) is 14.1. The van der Waals surface area contributed by atoms with Gasteiger partial charge < -0.3 is 0 Å². The quantitative estimate of drug-likeness (QED) is 0.676. The molecule has 5 nitrogen and oxygen atoms in total. The van der Waals surface area contributed by atoms with E-state index in [0.29, 0.717) is 10.7 Å². The first-order chi connectivity index (χ1) is 10.2. The lowest BCUT2D eigenvalue weighted by atomic mass is 9.96. The molecule has 1 aliphatic carbocycles. The van der Waals surface area contributed by atoms with Crippen LogP contribution in [0.15, 0.2) is 29.4 Å². The zero-order valence-corrected chi connectivity index (χ0v) is 12.2. The number of H-pyrrole nitrogens is 1. The number of fused-ring (bicyclic) bond motifs is 1. The van der Waals surface area contributed by atoms with Crippen LogP contribution in [0, 0.1) is 0 Å². The van der Waals surface area contributed by atoms with Gasteiger partial charge >= 0.3 is 0 Å². The maximum atomic E-state index is 12.1. The number of nitrogens with one attached hydrogen (secondary N) is 2. The lowest BCUT2D eigenvalue weighted by molar-refractivity contribution is 0.0949. The fourth-order valence-electron chi connectivity index (χ4n) is 2.44. The number of nitrogens with zero attached hydrogens (tertiary/aromatic N) is 2. The fourth-order valence-corrected chi connectivity index (χ4v) is 2.56. The number of amides is 1. The van der Waals surface area contributed by atoms with Crippen molar-refractivity contribution in [3.8, 4) is 0 Å². The zero-order valence-electron chi connectivity index (χ0n) is 11.4. The molecule has 0 unspecified atom stereocenters. The summed E-state index contributed by atoms with van der Waals surface area (Å²) in [6.07, 6.45) is 5.68. The van der Waals surface area contributed by atoms with E-state index in [0.717, 1.165) is 42.5 Å². The van der Waals surface area contributed by atoms with Crippen LogP contribution >= 0.6 is 11.6 Å². The van der Waals surface area contributed by atoms with Crippen molar-refractivity contribution < 1.29 is 4.79 Å². The molecule has 2 N–H and O–H groups in total. The maximum Gasteiger partial charge on any atom is 0.292 e. The SMILES string of the molecule is O=C(N/N=C\c1ccc(Cl)cc1)c1n[nH]c2c1CCCC2. The molecule has 1 aromatic heterocycles. The summed E-state index contributed by atoms with van der Waals surface area (Å²) in [6, 6.07) is 7.20. The van der Waals surface area contributed by atoms with Crippen LogP contribution in [0.3, 0.4) is 0 Å². The molecule has 0 bridgehead atoms. The van der Waals surface area contributed by atoms with Crippen molar-refractivity contribution in [3.05, 3.63) is 51.8 Å². The Labute approximate surface area is 127 Å². The molecule has 21 heavy (non-hydrogen) atoms. The molecular weight excluding hydrogens is 288 g/mol. The van der Waals surface area contributed by atoms with E-state index in [-0.39, 0.29) is 5.91 Å². The fraction of sp³-hybridized carbons (Fsp3) is 0.267. The number of aromatic nitrogens is 2. The predicted octanol–water partition coefficient (Wildman–Crippen LogP) is 2.71. The summed E-state index contributed by atoms with van der Waals surface area (Å²) >= 11 is 5.81. The van der Waals surface area contributed by atoms with Gasteiger partial charge in [0, 0.05) is 16.3 Å². The second-order valence-corrected chi connectivity index (χ2v) is 5.42. The van der Waals surface area contributed by atoms with Gasteiger partial charge in [-0.05, 0) is 43.4 Å². The topological polar surface area (TPSA) is 70.1 Å². The van der Waals surface area contributed by atoms with Crippen LogP contribution in [0.5, 0.6) is 0 Å². The van der Waals surface area contributed by atoms with E-state index in [1.54, 1.807) is 18.3 Å². The summed E-state index contributed by atoms with van der Waals surface area (Å²) in [5, 5.41) is 11.7. The molecule has 0 fully saturated rings. The largest absolute Gasteiger partial charge is 0.292 e. The highest BCUT2D eigenvalue weighted by atomic mass is 35.5. The molecule has 1 aliphatic rings. The third-order valence-corrected chi connectivity index (χ3v) is 3.77. The number of halogens is 1. The van der Waals surface area contributed by atoms with Crippen molar-refractivity contribution in [2.24, 2.45) is 5.10 Å². The van der Waals surface area contributed by atoms with Gasteiger partial charge in [0.05, 0.1) is 6.21 Å². The lowest BCUT2D eigenvalue weighted by Gasteiger charge is -2.10. The molecule has 0 spiro atoms. The van der Waals surface area contributed by atoms with Gasteiger partial charge in [0.1, 0.15) is 0 Å². The van der Waals surface area contributed by atoms with Crippen LogP contribution < -0.4 is 5.43 Å². The minimum atomic E-state index is -0.278. The summed E-state index contributed by atoms with van der Waals surface area (Å²) in [5.41, 5.74) is 5.94. The Bertz CT molecular complexity index is 675. The van der Waals surface area contributed by atoms with Gasteiger partial charge in [-0.2, -0.15) is 10.2 Å². The van der Waals surface area contributed by atoms with E-state index >= 15 is 0 Å². The Hall–Kier alpha value is -2.14. The highest BCUT2D eigenvalue weighted by molar-refractivity contribution is 6.30. The van der Waals surface area contributed by atoms with Gasteiger partial charge in [-0.1, -0.05) is 23.7 Å². The molecule has 1 aromatic carbocycles. The van der Waals surface area contributed by atoms with E-state index in [1.807, 2.05) is 12.1 Å². The highest BCUT2D eigenvalue weighted by Gasteiger charge is 2.21. The van der Waals surface area contributed by atoms with E-state index < -0.39 is 0 Å². The van der Waals surface area contributed by atoms with E-state index in [1.165, 1.54) is 0 Å². The van der Waals surface area contributed by atoms with Gasteiger partial charge in [-0.15, -0.1) is 0 Å². The molecule has 1 amide bonds. The van der Waals surface area contributed by atoms with Crippen LogP contribution in [0.4, 0.5) is 0 Å². The van der Waals surface area contributed by atoms with Gasteiger partial charge in [-0.3, -0.25) is 9.89 Å². The Morgan fingerprint density at radius 3 is 2.86 bits per heavy atom. The standard InChI is InChI=1S/C15H15ClN4O/c16-11-7-5-10(6-8-11)9-17-20-15(21)14-12-3-1-2-4-13(12)18-19-14/h5-9H,1-4H2,(H,18,19)(H,20,21)/b17-9-. The van der Waals surface area contributed by atoms with Crippen molar-refractivity contribution in [1.29, 1.82) is 0 Å². The van der Waals surface area contributed by atoms with Crippen LogP contribution in [-0.2, 0) is 12.8 Å². The summed E-state index contributed by atoms with van der Waals surface area (Å²) in [5.74, 6) is -0.278. The molecule has 0 saturated heterocycles. The molecule has 3 rings (SSSR count). The molecule has 0 saturated carbocycles. The first-order valence-electron chi connectivity index (χ1n) is 6.89. The lowest BCUT2D eigenvalue weighted by Crippen LogP contribution is -2.20. The Kier molecular flexibility index (Phi) is 4.01. The summed E-state index contributed by atoms with van der Waals surface area (Å²) in [4.78, 5) is 12.1. The van der Waals surface area contributed by atoms with E-state index in [9.17, 15) is 4.79 Å². The van der Waals surface area contributed by atoms with E-state index in [4.69, 9.17) is 11.6 Å². The summed E-state index contributed by atoms with van der Waals surface area (Å²) in [6.45, 7) is 0. The number of aromatic amines is 1. The number of benzene rings is 1. The average Bonchev–Trinajstić information content (AvgIpc) is 2.93. The number of carbonyl (C=O) groups excluding carboxylic acids is 1. The van der Waals surface area contributed by atoms with Crippen LogP contribution in [0.25, 0.3) is 0 Å². The van der Waals surface area contributed by atoms with Crippen molar-refractivity contribution in [2.75, 3.05) is 0 Å². The van der Waals surface area contributed by atoms with Gasteiger partial charge in [-0.25, -0.2) is 5.43 Å². The minimum absolute atomic E-state index is 0.278. The third kappa shape index (κ3) is 3.13. The van der Waals surface area contributed by atoms with Gasteiger partial charge in [0.25, 0.3) is 5.91 Å². The van der Waals surface area contributed by atoms with Crippen molar-refractivity contribution in [3.63, 3.8) is 0 Å². The molecule has 6 heteroatoms. The molecule has 1 heterocycles. The third-order valence-electron chi connectivity index (χ3n) is 3.52. The molecule has 2 aromatic rings. The number of hydrogen-bond donors (Lipinski definition) is 2. The second-order valence-electron chi connectivity index (χ2n) is 4.99. The number of rotatable bonds is 3. The van der Waals surface area contributed by atoms with Crippen molar-refractivity contribution in [2.45, 2.75) is 25.7 Å². The molecule has 0 radical (unpaired) electrons. The molecular formula is C15H15ClN4O. The Morgan fingerprint density at radius 1 is 1.29 bits per heavy atom. The molecule has 108 valence electrons. The highest BCUT2D eigenvalue weighted by Crippen LogP contribution is 2.21. The van der Waals surface area contributed by atoms with Crippen LogP contribution in [0.1, 0.15) is 40.2 Å². The number of hydrazone groups is 1. The summed E-state index contributed by atoms with van der Waals surface area (Å²) in [7, 11) is 0. The first-order valence-corrected chi connectivity index (χ1v) is 7.27. The minimum Gasteiger partial charge on any atom is -0.281 e. The first kappa shape index (κ1) is 13.8. The Balaban J connectivity index is 1.66. The average molecular weight is 303 g/mol. The number of aryl methyl sites for hydroxylation is 1. The van der Waals surface area contributed by atoms with Gasteiger partial charge in [0.2, 0.25) is 0 Å². The molecule has 0 atom stereocenters. The zero-order chi connectivity index (χ0) is 14.7. The number of hydrogen-bond acceptors (Lipinski definition) is 3. The smallest absolute Gasteiger partial charge is 0.281 e. The Morgan fingerprint density at radius 2 is 2.05 bits per heavy atom. The second kappa shape index (κ2) is 6.10. The van der Waals surface area contributed by atoms with Gasteiger partial charge in [0.15, 0.2) is 5.69 Å². The number of carbonyl (C=O) groups is 1. The van der Waals surface area contributed by atoms with Crippen LogP contribution in [-0.4, -0.2) is 22.3 Å². The maximum absolute atomic E-state index is 12.1. The van der Waals surface area contributed by atoms with Crippen molar-refractivity contribution >= 4 is 23.7 Å².